The van der Waals surface area contributed by atoms with Crippen LogP contribution < -0.4 is 10.6 Å². The van der Waals surface area contributed by atoms with Gasteiger partial charge in [0, 0.05) is 49.4 Å². The number of non-ortho nitro benzene ring substituents is 2. The van der Waals surface area contributed by atoms with E-state index in [9.17, 15) is 20.2 Å². The van der Waals surface area contributed by atoms with Crippen LogP contribution in [-0.2, 0) is 13.1 Å². The van der Waals surface area contributed by atoms with E-state index < -0.39 is 0 Å². The van der Waals surface area contributed by atoms with Crippen LogP contribution in [0.1, 0.15) is 36.8 Å². The maximum absolute atomic E-state index is 10.9. The van der Waals surface area contributed by atoms with Crippen molar-refractivity contribution >= 4 is 11.4 Å². The second-order valence-electron chi connectivity index (χ2n) is 7.11. The average Bonchev–Trinajstić information content (AvgIpc) is 2.71. The number of rotatable bonds is 8. The Labute approximate surface area is 163 Å². The first-order valence-electron chi connectivity index (χ1n) is 9.46. The van der Waals surface area contributed by atoms with E-state index in [0.29, 0.717) is 13.1 Å². The molecule has 3 rings (SSSR count). The lowest BCUT2D eigenvalue weighted by Gasteiger charge is -2.33. The van der Waals surface area contributed by atoms with Crippen molar-refractivity contribution in [2.45, 2.75) is 50.9 Å². The summed E-state index contributed by atoms with van der Waals surface area (Å²) in [7, 11) is 0. The van der Waals surface area contributed by atoms with Crippen LogP contribution in [0.25, 0.3) is 0 Å². The molecular formula is C20H24N4O4. The second-order valence-corrected chi connectivity index (χ2v) is 7.11. The molecule has 2 unspecified atom stereocenters. The van der Waals surface area contributed by atoms with Gasteiger partial charge in [0.25, 0.3) is 11.4 Å². The van der Waals surface area contributed by atoms with E-state index >= 15 is 0 Å². The minimum Gasteiger partial charge on any atom is -0.308 e. The predicted octanol–water partition coefficient (Wildman–Crippen LogP) is 3.69. The fourth-order valence-corrected chi connectivity index (χ4v) is 3.68. The summed E-state index contributed by atoms with van der Waals surface area (Å²) in [5.41, 5.74) is 1.97. The molecule has 1 aliphatic rings. The van der Waals surface area contributed by atoms with Gasteiger partial charge in [-0.25, -0.2) is 0 Å². The van der Waals surface area contributed by atoms with Crippen molar-refractivity contribution in [3.05, 3.63) is 79.9 Å². The minimum absolute atomic E-state index is 0.100. The number of hydrogen-bond acceptors (Lipinski definition) is 6. The first kappa shape index (κ1) is 19.9. The van der Waals surface area contributed by atoms with E-state index in [1.165, 1.54) is 12.1 Å². The standard InChI is InChI=1S/C20H24N4O4/c25-23(26)17-7-3-5-15(11-17)13-21-19-9-1-2-10-20(19)22-14-16-6-4-8-18(12-16)24(27)28/h3-8,11-12,19-22H,1-2,9-10,13-14H2. The highest BCUT2D eigenvalue weighted by Crippen LogP contribution is 2.21. The molecular weight excluding hydrogens is 360 g/mol. The first-order chi connectivity index (χ1) is 13.5. The number of hydrogen-bond donors (Lipinski definition) is 2. The Bertz CT molecular complexity index is 773. The molecule has 2 N–H and O–H groups in total. The highest BCUT2D eigenvalue weighted by molar-refractivity contribution is 5.35. The molecule has 1 fully saturated rings. The van der Waals surface area contributed by atoms with Gasteiger partial charge in [-0.05, 0) is 24.0 Å². The van der Waals surface area contributed by atoms with Gasteiger partial charge in [0.1, 0.15) is 0 Å². The number of nitro groups is 2. The Kier molecular flexibility index (Phi) is 6.67. The maximum Gasteiger partial charge on any atom is 0.269 e. The molecule has 0 aromatic heterocycles. The van der Waals surface area contributed by atoms with E-state index in [0.717, 1.165) is 36.8 Å². The molecule has 8 heteroatoms. The van der Waals surface area contributed by atoms with Crippen molar-refractivity contribution in [2.24, 2.45) is 0 Å². The van der Waals surface area contributed by atoms with Crippen molar-refractivity contribution in [3.8, 4) is 0 Å². The van der Waals surface area contributed by atoms with Crippen molar-refractivity contribution in [3.63, 3.8) is 0 Å². The summed E-state index contributed by atoms with van der Waals surface area (Å²) < 4.78 is 0. The molecule has 1 saturated carbocycles. The summed E-state index contributed by atoms with van der Waals surface area (Å²) in [6.45, 7) is 1.14. The summed E-state index contributed by atoms with van der Waals surface area (Å²) in [6.07, 6.45) is 4.34. The second kappa shape index (κ2) is 9.38. The molecule has 0 saturated heterocycles. The van der Waals surface area contributed by atoms with E-state index in [-0.39, 0.29) is 33.3 Å². The van der Waals surface area contributed by atoms with Gasteiger partial charge in [0.15, 0.2) is 0 Å². The van der Waals surface area contributed by atoms with Crippen LogP contribution >= 0.6 is 0 Å². The molecule has 0 bridgehead atoms. The van der Waals surface area contributed by atoms with Gasteiger partial charge < -0.3 is 10.6 Å². The van der Waals surface area contributed by atoms with Crippen LogP contribution in [0, 0.1) is 20.2 Å². The molecule has 2 atom stereocenters. The third kappa shape index (κ3) is 5.34. The van der Waals surface area contributed by atoms with Crippen LogP contribution in [0.3, 0.4) is 0 Å². The molecule has 0 radical (unpaired) electrons. The number of nitrogens with one attached hydrogen (secondary N) is 2. The number of nitro benzene ring substituents is 2. The summed E-state index contributed by atoms with van der Waals surface area (Å²) >= 11 is 0. The maximum atomic E-state index is 10.9. The van der Waals surface area contributed by atoms with E-state index in [2.05, 4.69) is 10.6 Å². The SMILES string of the molecule is O=[N+]([O-])c1cccc(CNC2CCCCC2NCc2cccc([N+](=O)[O-])c2)c1. The van der Waals surface area contributed by atoms with Crippen LogP contribution in [-0.4, -0.2) is 21.9 Å². The largest absolute Gasteiger partial charge is 0.308 e. The normalized spacial score (nSPS) is 19.3. The Hall–Kier alpha value is -2.84. The Balaban J connectivity index is 1.58. The lowest BCUT2D eigenvalue weighted by molar-refractivity contribution is -0.385. The highest BCUT2D eigenvalue weighted by Gasteiger charge is 2.24. The van der Waals surface area contributed by atoms with E-state index in [1.807, 2.05) is 12.1 Å². The fourth-order valence-electron chi connectivity index (χ4n) is 3.68. The molecule has 0 spiro atoms. The van der Waals surface area contributed by atoms with Crippen LogP contribution in [0.15, 0.2) is 48.5 Å². The van der Waals surface area contributed by atoms with Crippen molar-refractivity contribution in [2.75, 3.05) is 0 Å². The predicted molar refractivity (Wildman–Crippen MR) is 106 cm³/mol. The lowest BCUT2D eigenvalue weighted by Crippen LogP contribution is -2.49. The minimum atomic E-state index is -0.381. The molecule has 0 amide bonds. The summed E-state index contributed by atoms with van der Waals surface area (Å²) in [5.74, 6) is 0. The highest BCUT2D eigenvalue weighted by atomic mass is 16.6. The quantitative estimate of drug-likeness (QED) is 0.530. The Morgan fingerprint density at radius 3 is 1.61 bits per heavy atom. The van der Waals surface area contributed by atoms with Gasteiger partial charge in [-0.2, -0.15) is 0 Å². The van der Waals surface area contributed by atoms with Crippen molar-refractivity contribution in [1.82, 2.24) is 10.6 Å². The summed E-state index contributed by atoms with van der Waals surface area (Å²) in [5, 5.41) is 28.9. The Morgan fingerprint density at radius 2 is 1.21 bits per heavy atom. The summed E-state index contributed by atoms with van der Waals surface area (Å²) in [4.78, 5) is 21.1. The average molecular weight is 384 g/mol. The van der Waals surface area contributed by atoms with Gasteiger partial charge in [-0.3, -0.25) is 20.2 Å². The van der Waals surface area contributed by atoms with Crippen molar-refractivity contribution in [1.29, 1.82) is 0 Å². The van der Waals surface area contributed by atoms with Gasteiger partial charge in [-0.15, -0.1) is 0 Å². The number of benzene rings is 2. The third-order valence-corrected chi connectivity index (χ3v) is 5.15. The molecule has 0 aliphatic heterocycles. The molecule has 0 heterocycles. The van der Waals surface area contributed by atoms with Crippen LogP contribution in [0.2, 0.25) is 0 Å². The monoisotopic (exact) mass is 384 g/mol. The van der Waals surface area contributed by atoms with Crippen LogP contribution in [0.4, 0.5) is 11.4 Å². The zero-order chi connectivity index (χ0) is 19.9. The summed E-state index contributed by atoms with van der Waals surface area (Å²) in [6, 6.07) is 13.9. The van der Waals surface area contributed by atoms with Gasteiger partial charge >= 0.3 is 0 Å². The number of nitrogens with zero attached hydrogens (tertiary/aromatic N) is 2. The Morgan fingerprint density at radius 1 is 0.786 bits per heavy atom. The molecule has 28 heavy (non-hydrogen) atoms. The first-order valence-corrected chi connectivity index (χ1v) is 9.46. The molecule has 2 aromatic rings. The molecule has 8 nitrogen and oxygen atoms in total. The zero-order valence-corrected chi connectivity index (χ0v) is 15.5. The molecule has 148 valence electrons. The van der Waals surface area contributed by atoms with Gasteiger partial charge in [0.2, 0.25) is 0 Å². The third-order valence-electron chi connectivity index (χ3n) is 5.15. The van der Waals surface area contributed by atoms with Crippen LogP contribution in [0.5, 0.6) is 0 Å². The van der Waals surface area contributed by atoms with Gasteiger partial charge in [0.05, 0.1) is 9.85 Å². The van der Waals surface area contributed by atoms with E-state index in [1.54, 1.807) is 24.3 Å². The topological polar surface area (TPSA) is 110 Å². The van der Waals surface area contributed by atoms with E-state index in [4.69, 9.17) is 0 Å². The fraction of sp³-hybridized carbons (Fsp3) is 0.400. The molecule has 1 aliphatic carbocycles. The molecule has 2 aromatic carbocycles. The zero-order valence-electron chi connectivity index (χ0n) is 15.5. The lowest BCUT2D eigenvalue weighted by atomic mass is 9.90. The smallest absolute Gasteiger partial charge is 0.269 e. The van der Waals surface area contributed by atoms with Crippen molar-refractivity contribution < 1.29 is 9.85 Å². The van der Waals surface area contributed by atoms with Gasteiger partial charge in [-0.1, -0.05) is 37.1 Å².